The minimum absolute atomic E-state index is 0.276. The third kappa shape index (κ3) is 4.16. The van der Waals surface area contributed by atoms with E-state index >= 15 is 0 Å². The molecule has 0 aliphatic carbocycles. The summed E-state index contributed by atoms with van der Waals surface area (Å²) in [5.74, 6) is 3.17. The quantitative estimate of drug-likeness (QED) is 0.600. The van der Waals surface area contributed by atoms with Gasteiger partial charge in [-0.05, 0) is 99.4 Å². The molecule has 1 aromatic carbocycles. The van der Waals surface area contributed by atoms with Gasteiger partial charge in [-0.25, -0.2) is 0 Å². The maximum absolute atomic E-state index is 13.8. The molecule has 0 N–H and O–H groups in total. The number of hydrogen-bond acceptors (Lipinski definition) is 4. The molecule has 4 saturated heterocycles. The topological polar surface area (TPSA) is 46.9 Å². The second-order valence-electron chi connectivity index (χ2n) is 10.7. The number of aromatic nitrogens is 1. The van der Waals surface area contributed by atoms with Gasteiger partial charge in [-0.3, -0.25) is 9.69 Å². The molecule has 1 aromatic heterocycles. The summed E-state index contributed by atoms with van der Waals surface area (Å²) in [6, 6.07) is 11.3. The average molecular weight is 476 g/mol. The van der Waals surface area contributed by atoms with Crippen molar-refractivity contribution in [2.24, 2.45) is 11.8 Å². The SMILES string of the molecule is COc1cc(Cn2cccc2/C=C2\CC[C@@H]3[C@H]4CCCN5CCC[C@H](CN3C2=O)[C@@H]45)cc(OC)c1. The highest BCUT2D eigenvalue weighted by molar-refractivity contribution is 5.98. The lowest BCUT2D eigenvalue weighted by Gasteiger charge is -2.58. The molecule has 0 bridgehead atoms. The Kier molecular flexibility index (Phi) is 6.09. The van der Waals surface area contributed by atoms with Crippen LogP contribution in [-0.4, -0.2) is 66.2 Å². The van der Waals surface area contributed by atoms with Crippen molar-refractivity contribution in [3.63, 3.8) is 0 Å². The van der Waals surface area contributed by atoms with E-state index in [1.807, 2.05) is 18.2 Å². The molecule has 0 radical (unpaired) electrons. The van der Waals surface area contributed by atoms with Crippen molar-refractivity contribution in [2.75, 3.05) is 33.9 Å². The van der Waals surface area contributed by atoms with Crippen LogP contribution in [0, 0.1) is 11.8 Å². The van der Waals surface area contributed by atoms with Gasteiger partial charge in [0.25, 0.3) is 0 Å². The maximum Gasteiger partial charge on any atom is 0.250 e. The fourth-order valence-electron chi connectivity index (χ4n) is 7.36. The zero-order chi connectivity index (χ0) is 23.9. The number of benzene rings is 1. The molecule has 4 fully saturated rings. The molecule has 2 aromatic rings. The number of rotatable bonds is 5. The molecule has 1 amide bonds. The highest BCUT2D eigenvalue weighted by Crippen LogP contribution is 2.45. The van der Waals surface area contributed by atoms with Gasteiger partial charge < -0.3 is 18.9 Å². The average Bonchev–Trinajstić information content (AvgIpc) is 3.32. The number of carbonyl (C=O) groups is 1. The number of carbonyl (C=O) groups excluding carboxylic acids is 1. The van der Waals surface area contributed by atoms with Crippen LogP contribution in [-0.2, 0) is 11.3 Å². The summed E-state index contributed by atoms with van der Waals surface area (Å²) in [7, 11) is 3.35. The molecule has 186 valence electrons. The third-order valence-corrected chi connectivity index (χ3v) is 8.87. The normalized spacial score (nSPS) is 29.6. The summed E-state index contributed by atoms with van der Waals surface area (Å²) in [5, 5.41) is 0. The summed E-state index contributed by atoms with van der Waals surface area (Å²) in [5.41, 5.74) is 3.14. The van der Waals surface area contributed by atoms with Crippen LogP contribution in [0.2, 0.25) is 0 Å². The van der Waals surface area contributed by atoms with E-state index in [-0.39, 0.29) is 5.91 Å². The first-order chi connectivity index (χ1) is 17.1. The van der Waals surface area contributed by atoms with E-state index in [9.17, 15) is 4.79 Å². The molecular weight excluding hydrogens is 438 g/mol. The Morgan fingerprint density at radius 3 is 2.57 bits per heavy atom. The van der Waals surface area contributed by atoms with Crippen molar-refractivity contribution in [3.8, 4) is 11.5 Å². The Balaban J connectivity index is 1.23. The predicted octanol–water partition coefficient (Wildman–Crippen LogP) is 4.43. The van der Waals surface area contributed by atoms with Crippen LogP contribution in [0.5, 0.6) is 11.5 Å². The molecular formula is C29H37N3O3. The van der Waals surface area contributed by atoms with Gasteiger partial charge in [-0.15, -0.1) is 0 Å². The second-order valence-corrected chi connectivity index (χ2v) is 10.7. The van der Waals surface area contributed by atoms with Crippen molar-refractivity contribution in [3.05, 3.63) is 53.4 Å². The summed E-state index contributed by atoms with van der Waals surface area (Å²) < 4.78 is 13.1. The highest BCUT2D eigenvalue weighted by atomic mass is 16.5. The summed E-state index contributed by atoms with van der Waals surface area (Å²) >= 11 is 0. The minimum Gasteiger partial charge on any atom is -0.497 e. The summed E-state index contributed by atoms with van der Waals surface area (Å²) in [6.45, 7) is 4.17. The first kappa shape index (κ1) is 22.7. The van der Waals surface area contributed by atoms with Gasteiger partial charge in [0.2, 0.25) is 5.91 Å². The van der Waals surface area contributed by atoms with Crippen LogP contribution in [0.25, 0.3) is 6.08 Å². The zero-order valence-corrected chi connectivity index (χ0v) is 21.0. The molecule has 0 saturated carbocycles. The Bertz CT molecular complexity index is 1100. The number of methoxy groups -OCH3 is 2. The third-order valence-electron chi connectivity index (χ3n) is 8.87. The van der Waals surface area contributed by atoms with Crippen molar-refractivity contribution in [2.45, 2.75) is 57.2 Å². The molecule has 4 aliphatic heterocycles. The second kappa shape index (κ2) is 9.38. The molecule has 6 rings (SSSR count). The number of piperidine rings is 4. The molecule has 6 heteroatoms. The first-order valence-corrected chi connectivity index (χ1v) is 13.3. The standard InChI is InChI=1S/C29H37N3O3/c1-34-24-14-20(15-25(17-24)35-2)18-31-13-4-7-23(31)16-21-9-10-27-26-8-5-12-30-11-3-6-22(28(26)30)19-32(27)29(21)33/h4,7,13-17,22,26-28H,3,5-6,8-12,18-19H2,1-2H3/b21-16+/t22-,26-,27-,28+/m1/s1. The maximum atomic E-state index is 13.8. The molecule has 0 spiro atoms. The van der Waals surface area contributed by atoms with E-state index in [1.54, 1.807) is 14.2 Å². The van der Waals surface area contributed by atoms with E-state index in [2.05, 4.69) is 38.8 Å². The fourth-order valence-corrected chi connectivity index (χ4v) is 7.36. The van der Waals surface area contributed by atoms with E-state index < -0.39 is 0 Å². The van der Waals surface area contributed by atoms with Crippen LogP contribution in [0.15, 0.2) is 42.1 Å². The molecule has 6 nitrogen and oxygen atoms in total. The molecule has 0 unspecified atom stereocenters. The molecule has 35 heavy (non-hydrogen) atoms. The van der Waals surface area contributed by atoms with Crippen LogP contribution >= 0.6 is 0 Å². The molecule has 4 atom stereocenters. The van der Waals surface area contributed by atoms with Crippen LogP contribution in [0.3, 0.4) is 0 Å². The van der Waals surface area contributed by atoms with Crippen LogP contribution < -0.4 is 9.47 Å². The van der Waals surface area contributed by atoms with Gasteiger partial charge in [0.1, 0.15) is 11.5 Å². The Morgan fingerprint density at radius 2 is 1.80 bits per heavy atom. The van der Waals surface area contributed by atoms with Gasteiger partial charge in [0, 0.05) is 48.7 Å². The van der Waals surface area contributed by atoms with Crippen molar-refractivity contribution < 1.29 is 14.3 Å². The summed E-state index contributed by atoms with van der Waals surface area (Å²) in [4.78, 5) is 18.8. The van der Waals surface area contributed by atoms with E-state index in [1.165, 1.54) is 38.8 Å². The van der Waals surface area contributed by atoms with Crippen molar-refractivity contribution in [1.29, 1.82) is 0 Å². The molecule has 4 aliphatic rings. The van der Waals surface area contributed by atoms with E-state index in [0.29, 0.717) is 30.5 Å². The van der Waals surface area contributed by atoms with Gasteiger partial charge in [0.15, 0.2) is 0 Å². The van der Waals surface area contributed by atoms with Gasteiger partial charge in [-0.1, -0.05) is 0 Å². The number of fused-ring (bicyclic) bond motifs is 2. The largest absolute Gasteiger partial charge is 0.497 e. The predicted molar refractivity (Wildman–Crippen MR) is 137 cm³/mol. The lowest BCUT2D eigenvalue weighted by molar-refractivity contribution is -0.145. The van der Waals surface area contributed by atoms with E-state index in [4.69, 9.17) is 9.47 Å². The van der Waals surface area contributed by atoms with Crippen LogP contribution in [0.1, 0.15) is 49.8 Å². The Hall–Kier alpha value is -2.73. The number of hydrogen-bond donors (Lipinski definition) is 0. The van der Waals surface area contributed by atoms with Gasteiger partial charge in [0.05, 0.1) is 14.2 Å². The Morgan fingerprint density at radius 1 is 1.03 bits per heavy atom. The first-order valence-electron chi connectivity index (χ1n) is 13.3. The zero-order valence-electron chi connectivity index (χ0n) is 21.0. The number of nitrogens with zero attached hydrogens (tertiary/aromatic N) is 3. The lowest BCUT2D eigenvalue weighted by atomic mass is 9.67. The fraction of sp³-hybridized carbons (Fsp3) is 0.552. The van der Waals surface area contributed by atoms with E-state index in [0.717, 1.165) is 47.7 Å². The van der Waals surface area contributed by atoms with Crippen molar-refractivity contribution >= 4 is 12.0 Å². The number of amides is 1. The minimum atomic E-state index is 0.276. The highest BCUT2D eigenvalue weighted by Gasteiger charge is 2.51. The monoisotopic (exact) mass is 475 g/mol. The summed E-state index contributed by atoms with van der Waals surface area (Å²) in [6.07, 6.45) is 11.3. The smallest absolute Gasteiger partial charge is 0.250 e. The van der Waals surface area contributed by atoms with Gasteiger partial charge in [-0.2, -0.15) is 0 Å². The number of ether oxygens (including phenoxy) is 2. The van der Waals surface area contributed by atoms with Crippen molar-refractivity contribution in [1.82, 2.24) is 14.4 Å². The van der Waals surface area contributed by atoms with Gasteiger partial charge >= 0.3 is 0 Å². The van der Waals surface area contributed by atoms with Crippen LogP contribution in [0.4, 0.5) is 0 Å². The lowest BCUT2D eigenvalue weighted by Crippen LogP contribution is -2.66. The molecule has 5 heterocycles. The Labute approximate surface area is 208 Å².